The average molecular weight is 243 g/mol. The number of aryl methyl sites for hydroxylation is 1. The second-order valence-corrected chi connectivity index (χ2v) is 4.41. The molecule has 0 aliphatic carbocycles. The second kappa shape index (κ2) is 5.10. The summed E-state index contributed by atoms with van der Waals surface area (Å²) in [5.41, 5.74) is 5.36. The Morgan fingerprint density at radius 3 is 2.56 bits per heavy atom. The van der Waals surface area contributed by atoms with Crippen LogP contribution < -0.4 is 11.3 Å². The molecular weight excluding hydrogens is 226 g/mol. The Bertz CT molecular complexity index is 537. The van der Waals surface area contributed by atoms with Crippen molar-refractivity contribution in [2.75, 3.05) is 5.43 Å². The Kier molecular flexibility index (Phi) is 3.53. The van der Waals surface area contributed by atoms with Crippen molar-refractivity contribution in [2.45, 2.75) is 26.7 Å². The van der Waals surface area contributed by atoms with Gasteiger partial charge in [0, 0.05) is 17.5 Å². The van der Waals surface area contributed by atoms with Crippen molar-refractivity contribution < 1.29 is 0 Å². The number of nitrogens with one attached hydrogen (secondary N) is 1. The zero-order chi connectivity index (χ0) is 13.1. The lowest BCUT2D eigenvalue weighted by atomic mass is 10.0. The fourth-order valence-electron chi connectivity index (χ4n) is 1.99. The zero-order valence-corrected chi connectivity index (χ0v) is 10.8. The number of nitrogen functional groups attached to an aromatic ring is 1. The van der Waals surface area contributed by atoms with E-state index in [4.69, 9.17) is 5.84 Å². The summed E-state index contributed by atoms with van der Waals surface area (Å²) < 4.78 is 0. The van der Waals surface area contributed by atoms with Crippen LogP contribution in [0.3, 0.4) is 0 Å². The summed E-state index contributed by atoms with van der Waals surface area (Å²) in [5, 5.41) is 0. The van der Waals surface area contributed by atoms with Gasteiger partial charge in [-0.15, -0.1) is 0 Å². The average Bonchev–Trinajstić information content (AvgIpc) is 2.38. The van der Waals surface area contributed by atoms with Crippen molar-refractivity contribution in [1.82, 2.24) is 15.0 Å². The van der Waals surface area contributed by atoms with Crippen molar-refractivity contribution in [2.24, 2.45) is 5.84 Å². The van der Waals surface area contributed by atoms with Gasteiger partial charge >= 0.3 is 0 Å². The molecule has 0 aliphatic heterocycles. The van der Waals surface area contributed by atoms with Gasteiger partial charge in [-0.3, -0.25) is 4.98 Å². The molecule has 0 bridgehead atoms. The van der Waals surface area contributed by atoms with E-state index in [9.17, 15) is 0 Å². The van der Waals surface area contributed by atoms with Gasteiger partial charge in [-0.2, -0.15) is 0 Å². The van der Waals surface area contributed by atoms with Crippen LogP contribution in [0.2, 0.25) is 0 Å². The van der Waals surface area contributed by atoms with Crippen LogP contribution in [0.4, 0.5) is 5.82 Å². The van der Waals surface area contributed by atoms with E-state index >= 15 is 0 Å². The SMILES string of the molecule is Cc1nc(-c2ccccn2)nc(NN)c1C(C)C. The van der Waals surface area contributed by atoms with E-state index in [1.807, 2.05) is 25.1 Å². The maximum absolute atomic E-state index is 5.54. The van der Waals surface area contributed by atoms with Crippen molar-refractivity contribution in [3.8, 4) is 11.5 Å². The van der Waals surface area contributed by atoms with Crippen LogP contribution in [-0.4, -0.2) is 15.0 Å². The number of rotatable bonds is 3. The van der Waals surface area contributed by atoms with Gasteiger partial charge in [0.2, 0.25) is 0 Å². The van der Waals surface area contributed by atoms with Crippen molar-refractivity contribution in [3.63, 3.8) is 0 Å². The molecule has 2 aromatic heterocycles. The summed E-state index contributed by atoms with van der Waals surface area (Å²) in [7, 11) is 0. The quantitative estimate of drug-likeness (QED) is 0.638. The summed E-state index contributed by atoms with van der Waals surface area (Å²) in [6.07, 6.45) is 1.72. The topological polar surface area (TPSA) is 76.7 Å². The molecule has 0 atom stereocenters. The number of hydrazine groups is 1. The molecule has 0 aliphatic rings. The Balaban J connectivity index is 2.56. The number of nitrogens with two attached hydrogens (primary N) is 1. The minimum atomic E-state index is 0.314. The Hall–Kier alpha value is -2.01. The van der Waals surface area contributed by atoms with E-state index in [-0.39, 0.29) is 0 Å². The molecule has 0 saturated heterocycles. The maximum Gasteiger partial charge on any atom is 0.180 e. The van der Waals surface area contributed by atoms with Crippen LogP contribution in [0.15, 0.2) is 24.4 Å². The van der Waals surface area contributed by atoms with Gasteiger partial charge < -0.3 is 5.43 Å². The molecule has 0 radical (unpaired) electrons. The Morgan fingerprint density at radius 2 is 2.00 bits per heavy atom. The molecule has 0 aromatic carbocycles. The molecule has 94 valence electrons. The molecule has 0 spiro atoms. The van der Waals surface area contributed by atoms with E-state index in [1.54, 1.807) is 6.20 Å². The van der Waals surface area contributed by atoms with Gasteiger partial charge in [0.05, 0.1) is 0 Å². The van der Waals surface area contributed by atoms with Crippen LogP contribution in [0, 0.1) is 6.92 Å². The van der Waals surface area contributed by atoms with Crippen molar-refractivity contribution in [1.29, 1.82) is 0 Å². The molecule has 0 saturated carbocycles. The number of anilines is 1. The molecule has 2 aromatic rings. The molecule has 3 N–H and O–H groups in total. The summed E-state index contributed by atoms with van der Waals surface area (Å²) in [4.78, 5) is 13.2. The summed E-state index contributed by atoms with van der Waals surface area (Å²) >= 11 is 0. The Morgan fingerprint density at radius 1 is 1.22 bits per heavy atom. The van der Waals surface area contributed by atoms with Gasteiger partial charge in [0.1, 0.15) is 11.5 Å². The third-order valence-electron chi connectivity index (χ3n) is 2.74. The highest BCUT2D eigenvalue weighted by atomic mass is 15.3. The number of hydrogen-bond donors (Lipinski definition) is 2. The molecular formula is C13H17N5. The number of hydrogen-bond acceptors (Lipinski definition) is 5. The fourth-order valence-corrected chi connectivity index (χ4v) is 1.99. The van der Waals surface area contributed by atoms with Gasteiger partial charge in [-0.05, 0) is 25.0 Å². The lowest BCUT2D eigenvalue weighted by molar-refractivity contribution is 0.831. The van der Waals surface area contributed by atoms with E-state index in [0.717, 1.165) is 17.0 Å². The monoisotopic (exact) mass is 243 g/mol. The first kappa shape index (κ1) is 12.4. The van der Waals surface area contributed by atoms with Crippen LogP contribution in [0.25, 0.3) is 11.5 Å². The maximum atomic E-state index is 5.54. The highest BCUT2D eigenvalue weighted by molar-refractivity contribution is 5.56. The van der Waals surface area contributed by atoms with Crippen LogP contribution >= 0.6 is 0 Å². The molecule has 18 heavy (non-hydrogen) atoms. The van der Waals surface area contributed by atoms with Crippen LogP contribution in [0.1, 0.15) is 31.0 Å². The summed E-state index contributed by atoms with van der Waals surface area (Å²) in [6.45, 7) is 6.14. The molecule has 2 rings (SSSR count). The molecule has 0 amide bonds. The largest absolute Gasteiger partial charge is 0.308 e. The lowest BCUT2D eigenvalue weighted by Gasteiger charge is -2.15. The lowest BCUT2D eigenvalue weighted by Crippen LogP contribution is -2.14. The fraction of sp³-hybridized carbons (Fsp3) is 0.308. The minimum absolute atomic E-state index is 0.314. The summed E-state index contributed by atoms with van der Waals surface area (Å²) in [6, 6.07) is 5.65. The van der Waals surface area contributed by atoms with Crippen LogP contribution in [-0.2, 0) is 0 Å². The van der Waals surface area contributed by atoms with Gasteiger partial charge in [0.25, 0.3) is 0 Å². The molecule has 5 heteroatoms. The van der Waals surface area contributed by atoms with Crippen molar-refractivity contribution >= 4 is 5.82 Å². The first-order chi connectivity index (χ1) is 8.63. The highest BCUT2D eigenvalue weighted by Gasteiger charge is 2.15. The predicted octanol–water partition coefficient (Wildman–Crippen LogP) is 2.26. The number of pyridine rings is 1. The first-order valence-electron chi connectivity index (χ1n) is 5.90. The first-order valence-corrected chi connectivity index (χ1v) is 5.90. The number of aromatic nitrogens is 3. The van der Waals surface area contributed by atoms with E-state index in [2.05, 4.69) is 34.2 Å². The van der Waals surface area contributed by atoms with Gasteiger partial charge in [-0.25, -0.2) is 15.8 Å². The van der Waals surface area contributed by atoms with E-state index in [0.29, 0.717) is 17.6 Å². The second-order valence-electron chi connectivity index (χ2n) is 4.41. The Labute approximate surface area is 106 Å². The van der Waals surface area contributed by atoms with Gasteiger partial charge in [-0.1, -0.05) is 19.9 Å². The number of nitrogens with zero attached hydrogens (tertiary/aromatic N) is 3. The zero-order valence-electron chi connectivity index (χ0n) is 10.8. The molecule has 2 heterocycles. The predicted molar refractivity (Wildman–Crippen MR) is 71.9 cm³/mol. The van der Waals surface area contributed by atoms with E-state index in [1.165, 1.54) is 0 Å². The van der Waals surface area contributed by atoms with Crippen LogP contribution in [0.5, 0.6) is 0 Å². The third-order valence-corrected chi connectivity index (χ3v) is 2.74. The van der Waals surface area contributed by atoms with E-state index < -0.39 is 0 Å². The smallest absolute Gasteiger partial charge is 0.180 e. The molecule has 0 unspecified atom stereocenters. The molecule has 5 nitrogen and oxygen atoms in total. The standard InChI is InChI=1S/C13H17N5/c1-8(2)11-9(3)16-12(17-13(11)18-14)10-6-4-5-7-15-10/h4-8H,14H2,1-3H3,(H,16,17,18). The normalized spacial score (nSPS) is 10.7. The minimum Gasteiger partial charge on any atom is -0.308 e. The van der Waals surface area contributed by atoms with Crippen molar-refractivity contribution in [3.05, 3.63) is 35.7 Å². The van der Waals surface area contributed by atoms with Gasteiger partial charge in [0.15, 0.2) is 5.82 Å². The molecule has 0 fully saturated rings. The third kappa shape index (κ3) is 2.31. The summed E-state index contributed by atoms with van der Waals surface area (Å²) in [5.74, 6) is 7.11. The highest BCUT2D eigenvalue weighted by Crippen LogP contribution is 2.26.